The van der Waals surface area contributed by atoms with Gasteiger partial charge in [0.25, 0.3) is 0 Å². The van der Waals surface area contributed by atoms with Crippen LogP contribution in [-0.2, 0) is 27.7 Å². The predicted octanol–water partition coefficient (Wildman–Crippen LogP) is 2.37. The van der Waals surface area contributed by atoms with Gasteiger partial charge in [0, 0.05) is 32.3 Å². The van der Waals surface area contributed by atoms with Gasteiger partial charge in [0.1, 0.15) is 11.9 Å². The topological polar surface area (TPSA) is 94.5 Å². The molecule has 2 amide bonds. The van der Waals surface area contributed by atoms with Crippen LogP contribution in [-0.4, -0.2) is 47.4 Å². The first-order valence-corrected chi connectivity index (χ1v) is 9.37. The van der Waals surface area contributed by atoms with Crippen LogP contribution in [0.3, 0.4) is 0 Å². The molecule has 1 aliphatic heterocycles. The molecule has 0 radical (unpaired) electrons. The second-order valence-corrected chi connectivity index (χ2v) is 6.53. The predicted molar refractivity (Wildman–Crippen MR) is 102 cm³/mol. The molecule has 1 aromatic carbocycles. The van der Waals surface area contributed by atoms with Gasteiger partial charge in [-0.05, 0) is 44.4 Å². The summed E-state index contributed by atoms with van der Waals surface area (Å²) in [5.41, 5.74) is 2.45. The van der Waals surface area contributed by atoms with Crippen molar-refractivity contribution in [2.45, 2.75) is 38.7 Å². The summed E-state index contributed by atoms with van der Waals surface area (Å²) in [6, 6.07) is 5.58. The van der Waals surface area contributed by atoms with Gasteiger partial charge in [0.15, 0.2) is 0 Å². The number of aromatic nitrogens is 2. The quantitative estimate of drug-likeness (QED) is 0.726. The SMILES string of the molecule is CCOC(=O)Nc1ccc2c(c1)nc(CCCNC(=O)[C@@H]1CCCO1)n2C. The summed E-state index contributed by atoms with van der Waals surface area (Å²) in [7, 11) is 1.97. The Balaban J connectivity index is 1.55. The summed E-state index contributed by atoms with van der Waals surface area (Å²) in [6.45, 7) is 3.35. The zero-order chi connectivity index (χ0) is 19.2. The van der Waals surface area contributed by atoms with Gasteiger partial charge in [0.2, 0.25) is 5.91 Å². The van der Waals surface area contributed by atoms with Crippen LogP contribution in [0.4, 0.5) is 10.5 Å². The van der Waals surface area contributed by atoms with E-state index < -0.39 is 6.09 Å². The number of imidazole rings is 1. The van der Waals surface area contributed by atoms with Crippen LogP contribution in [0.2, 0.25) is 0 Å². The fraction of sp³-hybridized carbons (Fsp3) is 0.526. The Morgan fingerprint density at radius 1 is 1.41 bits per heavy atom. The normalized spacial score (nSPS) is 16.4. The molecule has 1 aromatic heterocycles. The molecule has 8 heteroatoms. The van der Waals surface area contributed by atoms with E-state index in [4.69, 9.17) is 9.47 Å². The molecule has 146 valence electrons. The van der Waals surface area contributed by atoms with Crippen molar-refractivity contribution in [3.8, 4) is 0 Å². The minimum Gasteiger partial charge on any atom is -0.450 e. The molecule has 2 heterocycles. The number of fused-ring (bicyclic) bond motifs is 1. The van der Waals surface area contributed by atoms with Crippen molar-refractivity contribution in [1.82, 2.24) is 14.9 Å². The van der Waals surface area contributed by atoms with E-state index in [0.29, 0.717) is 25.4 Å². The van der Waals surface area contributed by atoms with Crippen molar-refractivity contribution in [3.63, 3.8) is 0 Å². The Labute approximate surface area is 158 Å². The average molecular weight is 374 g/mol. The molecule has 1 aliphatic rings. The van der Waals surface area contributed by atoms with E-state index in [9.17, 15) is 9.59 Å². The lowest BCUT2D eigenvalue weighted by atomic mass is 10.2. The first-order chi connectivity index (χ1) is 13.1. The van der Waals surface area contributed by atoms with Gasteiger partial charge in [-0.15, -0.1) is 0 Å². The lowest BCUT2D eigenvalue weighted by molar-refractivity contribution is -0.130. The third-order valence-corrected chi connectivity index (χ3v) is 4.59. The van der Waals surface area contributed by atoms with Crippen molar-refractivity contribution in [2.75, 3.05) is 25.1 Å². The van der Waals surface area contributed by atoms with Crippen molar-refractivity contribution in [1.29, 1.82) is 0 Å². The molecule has 0 unspecified atom stereocenters. The third kappa shape index (κ3) is 4.77. The molecule has 1 atom stereocenters. The lowest BCUT2D eigenvalue weighted by Crippen LogP contribution is -2.34. The van der Waals surface area contributed by atoms with Gasteiger partial charge < -0.3 is 19.4 Å². The summed E-state index contributed by atoms with van der Waals surface area (Å²) in [4.78, 5) is 28.1. The number of aryl methyl sites for hydroxylation is 2. The number of anilines is 1. The highest BCUT2D eigenvalue weighted by Gasteiger charge is 2.22. The van der Waals surface area contributed by atoms with Gasteiger partial charge in [-0.2, -0.15) is 0 Å². The fourth-order valence-electron chi connectivity index (χ4n) is 3.19. The minimum absolute atomic E-state index is 0.0211. The highest BCUT2D eigenvalue weighted by Crippen LogP contribution is 2.20. The van der Waals surface area contributed by atoms with Crippen LogP contribution < -0.4 is 10.6 Å². The molecule has 1 saturated heterocycles. The monoisotopic (exact) mass is 374 g/mol. The highest BCUT2D eigenvalue weighted by atomic mass is 16.5. The molecule has 3 rings (SSSR count). The number of hydrogen-bond acceptors (Lipinski definition) is 5. The van der Waals surface area contributed by atoms with Crippen molar-refractivity contribution in [3.05, 3.63) is 24.0 Å². The maximum absolute atomic E-state index is 11.9. The Morgan fingerprint density at radius 3 is 3.00 bits per heavy atom. The molecule has 0 bridgehead atoms. The maximum atomic E-state index is 11.9. The zero-order valence-corrected chi connectivity index (χ0v) is 15.8. The number of amides is 2. The number of nitrogens with zero attached hydrogens (tertiary/aromatic N) is 2. The van der Waals surface area contributed by atoms with Gasteiger partial charge in [-0.1, -0.05) is 0 Å². The number of nitrogens with one attached hydrogen (secondary N) is 2. The van der Waals surface area contributed by atoms with Crippen LogP contribution in [0.25, 0.3) is 11.0 Å². The number of carbonyl (C=O) groups is 2. The van der Waals surface area contributed by atoms with Crippen molar-refractivity contribution >= 4 is 28.7 Å². The van der Waals surface area contributed by atoms with Crippen LogP contribution in [0.1, 0.15) is 32.0 Å². The van der Waals surface area contributed by atoms with Crippen LogP contribution in [0, 0.1) is 0 Å². The molecule has 0 spiro atoms. The standard InChI is InChI=1S/C19H26N4O4/c1-3-26-19(25)21-13-8-9-15-14(12-13)22-17(23(15)2)7-4-10-20-18(24)16-6-5-11-27-16/h8-9,12,16H,3-7,10-11H2,1-2H3,(H,20,24)(H,21,25)/t16-/m0/s1. The van der Waals surface area contributed by atoms with E-state index in [2.05, 4.69) is 15.6 Å². The molecular formula is C19H26N4O4. The zero-order valence-electron chi connectivity index (χ0n) is 15.8. The first-order valence-electron chi connectivity index (χ1n) is 9.37. The van der Waals surface area contributed by atoms with Gasteiger partial charge in [0.05, 0.1) is 17.6 Å². The number of benzene rings is 1. The molecule has 8 nitrogen and oxygen atoms in total. The van der Waals surface area contributed by atoms with Gasteiger partial charge in [-0.25, -0.2) is 9.78 Å². The molecule has 0 aliphatic carbocycles. The van der Waals surface area contributed by atoms with E-state index in [0.717, 1.165) is 42.5 Å². The van der Waals surface area contributed by atoms with Crippen molar-refractivity contribution < 1.29 is 19.1 Å². The van der Waals surface area contributed by atoms with Crippen molar-refractivity contribution in [2.24, 2.45) is 7.05 Å². The van der Waals surface area contributed by atoms with E-state index in [1.165, 1.54) is 0 Å². The lowest BCUT2D eigenvalue weighted by Gasteiger charge is -2.10. The van der Waals surface area contributed by atoms with E-state index in [1.54, 1.807) is 6.92 Å². The summed E-state index contributed by atoms with van der Waals surface area (Å²) < 4.78 is 12.3. The third-order valence-electron chi connectivity index (χ3n) is 4.59. The second-order valence-electron chi connectivity index (χ2n) is 6.53. The largest absolute Gasteiger partial charge is 0.450 e. The molecule has 1 fully saturated rings. The van der Waals surface area contributed by atoms with Gasteiger partial charge >= 0.3 is 6.09 Å². The number of hydrogen-bond donors (Lipinski definition) is 2. The summed E-state index contributed by atoms with van der Waals surface area (Å²) in [5, 5.41) is 5.61. The second kappa shape index (κ2) is 8.85. The van der Waals surface area contributed by atoms with Gasteiger partial charge in [-0.3, -0.25) is 10.1 Å². The Kier molecular flexibility index (Phi) is 6.28. The molecule has 2 N–H and O–H groups in total. The Morgan fingerprint density at radius 2 is 2.26 bits per heavy atom. The molecular weight excluding hydrogens is 348 g/mol. The number of ether oxygens (including phenoxy) is 2. The smallest absolute Gasteiger partial charge is 0.411 e. The summed E-state index contributed by atoms with van der Waals surface area (Å²) in [5.74, 6) is 0.914. The maximum Gasteiger partial charge on any atom is 0.411 e. The average Bonchev–Trinajstić information content (AvgIpc) is 3.28. The minimum atomic E-state index is -0.477. The number of carbonyl (C=O) groups excluding carboxylic acids is 2. The van der Waals surface area contributed by atoms with Crippen LogP contribution in [0.15, 0.2) is 18.2 Å². The van der Waals surface area contributed by atoms with E-state index in [1.807, 2.05) is 29.8 Å². The number of rotatable bonds is 7. The first kappa shape index (κ1) is 19.2. The highest BCUT2D eigenvalue weighted by molar-refractivity contribution is 5.89. The van der Waals surface area contributed by atoms with Crippen LogP contribution >= 0.6 is 0 Å². The Hall–Kier alpha value is -2.61. The summed E-state index contributed by atoms with van der Waals surface area (Å²) in [6.07, 6.45) is 2.53. The fourth-order valence-corrected chi connectivity index (χ4v) is 3.19. The molecule has 0 saturated carbocycles. The van der Waals surface area contributed by atoms with E-state index >= 15 is 0 Å². The molecule has 2 aromatic rings. The van der Waals surface area contributed by atoms with E-state index in [-0.39, 0.29) is 12.0 Å². The molecule has 27 heavy (non-hydrogen) atoms. The van der Waals surface area contributed by atoms with Crippen LogP contribution in [0.5, 0.6) is 0 Å². The Bertz CT molecular complexity index is 811. The summed E-state index contributed by atoms with van der Waals surface area (Å²) >= 11 is 0.